The van der Waals surface area contributed by atoms with E-state index in [1.54, 1.807) is 0 Å². The van der Waals surface area contributed by atoms with Gasteiger partial charge in [0.05, 0.1) is 7.11 Å². The Labute approximate surface area is 89.4 Å². The highest BCUT2D eigenvalue weighted by Gasteiger charge is 2.40. The molecule has 4 heteroatoms. The normalized spacial score (nSPS) is 35.3. The second-order valence-corrected chi connectivity index (χ2v) is 4.47. The molecular weight excluding hydrogens is 194 g/mol. The number of carbonyl (C=O) groups is 2. The topological polar surface area (TPSA) is 55.4 Å². The van der Waals surface area contributed by atoms with Crippen molar-refractivity contribution in [2.45, 2.75) is 38.1 Å². The number of piperidine rings is 1. The van der Waals surface area contributed by atoms with E-state index < -0.39 is 6.04 Å². The van der Waals surface area contributed by atoms with E-state index in [-0.39, 0.29) is 17.8 Å². The molecule has 2 aliphatic rings. The van der Waals surface area contributed by atoms with Crippen LogP contribution in [0.2, 0.25) is 0 Å². The van der Waals surface area contributed by atoms with E-state index in [4.69, 9.17) is 0 Å². The molecule has 0 spiro atoms. The molecule has 0 aromatic rings. The van der Waals surface area contributed by atoms with Crippen LogP contribution in [0, 0.1) is 11.8 Å². The lowest BCUT2D eigenvalue weighted by atomic mass is 9.73. The van der Waals surface area contributed by atoms with Gasteiger partial charge in [-0.15, -0.1) is 0 Å². The Bertz CT molecular complexity index is 277. The first-order valence-corrected chi connectivity index (χ1v) is 5.60. The molecule has 84 valence electrons. The van der Waals surface area contributed by atoms with Crippen LogP contribution in [0.3, 0.4) is 0 Å². The summed E-state index contributed by atoms with van der Waals surface area (Å²) in [4.78, 5) is 23.1. The van der Waals surface area contributed by atoms with Crippen molar-refractivity contribution in [2.75, 3.05) is 7.11 Å². The van der Waals surface area contributed by atoms with Gasteiger partial charge in [0.25, 0.3) is 0 Å². The van der Waals surface area contributed by atoms with Crippen LogP contribution in [0.15, 0.2) is 0 Å². The first-order chi connectivity index (χ1) is 7.22. The molecular formula is C11H17NO3. The molecule has 15 heavy (non-hydrogen) atoms. The minimum atomic E-state index is -0.415. The van der Waals surface area contributed by atoms with Gasteiger partial charge in [0, 0.05) is 5.92 Å². The Balaban J connectivity index is 2.05. The van der Waals surface area contributed by atoms with Crippen molar-refractivity contribution in [1.82, 2.24) is 5.32 Å². The highest BCUT2D eigenvalue weighted by Crippen LogP contribution is 2.36. The van der Waals surface area contributed by atoms with E-state index in [2.05, 4.69) is 10.1 Å². The fourth-order valence-electron chi connectivity index (χ4n) is 2.77. The Morgan fingerprint density at radius 3 is 2.87 bits per heavy atom. The molecule has 0 unspecified atom stereocenters. The van der Waals surface area contributed by atoms with E-state index in [0.29, 0.717) is 5.92 Å². The van der Waals surface area contributed by atoms with Gasteiger partial charge in [-0.1, -0.05) is 12.8 Å². The number of esters is 1. The van der Waals surface area contributed by atoms with Gasteiger partial charge in [0.15, 0.2) is 0 Å². The van der Waals surface area contributed by atoms with Gasteiger partial charge in [-0.05, 0) is 25.2 Å². The minimum absolute atomic E-state index is 0.0429. The predicted molar refractivity (Wildman–Crippen MR) is 54.0 cm³/mol. The maximum Gasteiger partial charge on any atom is 0.328 e. The summed E-state index contributed by atoms with van der Waals surface area (Å²) in [6.45, 7) is 0. The van der Waals surface area contributed by atoms with Gasteiger partial charge in [0.2, 0.25) is 5.91 Å². The van der Waals surface area contributed by atoms with E-state index in [0.717, 1.165) is 25.7 Å². The average Bonchev–Trinajstić information content (AvgIpc) is 2.28. The van der Waals surface area contributed by atoms with Crippen molar-refractivity contribution in [3.05, 3.63) is 0 Å². The van der Waals surface area contributed by atoms with Gasteiger partial charge in [-0.2, -0.15) is 0 Å². The summed E-state index contributed by atoms with van der Waals surface area (Å²) in [5.41, 5.74) is 0. The summed E-state index contributed by atoms with van der Waals surface area (Å²) in [5.74, 6) is 0.255. The zero-order valence-electron chi connectivity index (χ0n) is 8.99. The maximum atomic E-state index is 11.7. The molecule has 1 saturated heterocycles. The molecule has 0 radical (unpaired) electrons. The van der Waals surface area contributed by atoms with Crippen LogP contribution in [0.1, 0.15) is 32.1 Å². The zero-order chi connectivity index (χ0) is 10.8. The number of methoxy groups -OCH3 is 1. The quantitative estimate of drug-likeness (QED) is 0.654. The number of hydrogen-bond acceptors (Lipinski definition) is 3. The third kappa shape index (κ3) is 1.98. The molecule has 1 heterocycles. The molecule has 1 amide bonds. The number of amides is 1. The Morgan fingerprint density at radius 1 is 1.40 bits per heavy atom. The number of ether oxygens (including phenoxy) is 1. The summed E-state index contributed by atoms with van der Waals surface area (Å²) in [7, 11) is 1.36. The van der Waals surface area contributed by atoms with Gasteiger partial charge < -0.3 is 10.1 Å². The molecule has 2 rings (SSSR count). The summed E-state index contributed by atoms with van der Waals surface area (Å²) in [6.07, 6.45) is 5.12. The van der Waals surface area contributed by atoms with Gasteiger partial charge >= 0.3 is 5.97 Å². The summed E-state index contributed by atoms with van der Waals surface area (Å²) in [6, 6.07) is -0.415. The molecule has 4 nitrogen and oxygen atoms in total. The Morgan fingerprint density at radius 2 is 2.13 bits per heavy atom. The predicted octanol–water partition coefficient (Wildman–Crippen LogP) is 0.854. The lowest BCUT2D eigenvalue weighted by Crippen LogP contribution is -2.52. The van der Waals surface area contributed by atoms with Crippen LogP contribution in [0.5, 0.6) is 0 Å². The lowest BCUT2D eigenvalue weighted by Gasteiger charge is -2.37. The van der Waals surface area contributed by atoms with Crippen LogP contribution in [-0.2, 0) is 14.3 Å². The van der Waals surface area contributed by atoms with E-state index in [9.17, 15) is 9.59 Å². The van der Waals surface area contributed by atoms with Crippen molar-refractivity contribution in [3.63, 3.8) is 0 Å². The number of nitrogens with one attached hydrogen (secondary N) is 1. The third-order valence-electron chi connectivity index (χ3n) is 3.59. The van der Waals surface area contributed by atoms with Crippen molar-refractivity contribution in [3.8, 4) is 0 Å². The van der Waals surface area contributed by atoms with E-state index in [1.807, 2.05) is 0 Å². The largest absolute Gasteiger partial charge is 0.467 e. The SMILES string of the molecule is COC(=O)[C@@H]1C[C@@H]2CCCC[C@@H]2C(=O)N1. The van der Waals surface area contributed by atoms with Crippen LogP contribution in [0.4, 0.5) is 0 Å². The summed E-state index contributed by atoms with van der Waals surface area (Å²) in [5, 5.41) is 2.75. The van der Waals surface area contributed by atoms with Gasteiger partial charge in [-0.25, -0.2) is 4.79 Å². The first-order valence-electron chi connectivity index (χ1n) is 5.60. The fraction of sp³-hybridized carbons (Fsp3) is 0.818. The van der Waals surface area contributed by atoms with E-state index >= 15 is 0 Å². The molecule has 0 aromatic heterocycles. The second kappa shape index (κ2) is 4.21. The highest BCUT2D eigenvalue weighted by atomic mass is 16.5. The molecule has 2 fully saturated rings. The molecule has 1 saturated carbocycles. The van der Waals surface area contributed by atoms with Crippen molar-refractivity contribution >= 4 is 11.9 Å². The molecule has 1 N–H and O–H groups in total. The van der Waals surface area contributed by atoms with Crippen molar-refractivity contribution in [1.29, 1.82) is 0 Å². The maximum absolute atomic E-state index is 11.7. The molecule has 1 aliphatic carbocycles. The third-order valence-corrected chi connectivity index (χ3v) is 3.59. The Hall–Kier alpha value is -1.06. The number of fused-ring (bicyclic) bond motifs is 1. The highest BCUT2D eigenvalue weighted by molar-refractivity contribution is 5.87. The van der Waals surface area contributed by atoms with Crippen molar-refractivity contribution < 1.29 is 14.3 Å². The van der Waals surface area contributed by atoms with Crippen LogP contribution in [0.25, 0.3) is 0 Å². The molecule has 0 bridgehead atoms. The smallest absolute Gasteiger partial charge is 0.328 e. The van der Waals surface area contributed by atoms with Gasteiger partial charge in [-0.3, -0.25) is 4.79 Å². The monoisotopic (exact) mass is 211 g/mol. The first kappa shape index (κ1) is 10.5. The average molecular weight is 211 g/mol. The van der Waals surface area contributed by atoms with Crippen LogP contribution < -0.4 is 5.32 Å². The molecule has 1 aliphatic heterocycles. The summed E-state index contributed by atoms with van der Waals surface area (Å²) < 4.78 is 4.66. The number of hydrogen-bond donors (Lipinski definition) is 1. The van der Waals surface area contributed by atoms with Crippen molar-refractivity contribution in [2.24, 2.45) is 11.8 Å². The lowest BCUT2D eigenvalue weighted by molar-refractivity contribution is -0.149. The molecule has 0 aromatic carbocycles. The standard InChI is InChI=1S/C11H17NO3/c1-15-11(14)9-6-7-4-2-3-5-8(7)10(13)12-9/h7-9H,2-6H2,1H3,(H,12,13)/t7-,8-,9-/m0/s1. The second-order valence-electron chi connectivity index (χ2n) is 4.47. The zero-order valence-corrected chi connectivity index (χ0v) is 8.99. The molecule has 3 atom stereocenters. The Kier molecular flexibility index (Phi) is 2.93. The number of carbonyl (C=O) groups excluding carboxylic acids is 2. The summed E-state index contributed by atoms with van der Waals surface area (Å²) >= 11 is 0. The minimum Gasteiger partial charge on any atom is -0.467 e. The fourth-order valence-corrected chi connectivity index (χ4v) is 2.77. The van der Waals surface area contributed by atoms with Gasteiger partial charge in [0.1, 0.15) is 6.04 Å². The van der Waals surface area contributed by atoms with Crippen LogP contribution >= 0.6 is 0 Å². The van der Waals surface area contributed by atoms with Crippen LogP contribution in [-0.4, -0.2) is 25.0 Å². The number of rotatable bonds is 1. The van der Waals surface area contributed by atoms with E-state index in [1.165, 1.54) is 13.5 Å².